The van der Waals surface area contributed by atoms with Crippen molar-refractivity contribution >= 4 is 0 Å². The van der Waals surface area contributed by atoms with Gasteiger partial charge in [-0.15, -0.1) is 0 Å². The maximum Gasteiger partial charge on any atom is 0.161 e. The highest BCUT2D eigenvalue weighted by Gasteiger charge is 2.23. The zero-order valence-electron chi connectivity index (χ0n) is 16.4. The first-order valence-corrected chi connectivity index (χ1v) is 9.19. The number of methoxy groups -OCH3 is 2. The molecule has 142 valence electrons. The topological polar surface area (TPSA) is 43.0 Å². The molecule has 1 aliphatic rings. The lowest BCUT2D eigenvalue weighted by Crippen LogP contribution is -2.43. The minimum absolute atomic E-state index is 0.309. The van der Waals surface area contributed by atoms with Crippen molar-refractivity contribution in [1.29, 1.82) is 0 Å². The monoisotopic (exact) mass is 350 g/mol. The van der Waals surface area contributed by atoms with Crippen LogP contribution in [-0.2, 0) is 4.74 Å². The summed E-state index contributed by atoms with van der Waals surface area (Å²) in [4.78, 5) is 2.49. The van der Waals surface area contributed by atoms with Crippen molar-refractivity contribution in [2.45, 2.75) is 33.2 Å². The molecule has 1 heterocycles. The first-order valence-electron chi connectivity index (χ1n) is 9.19. The van der Waals surface area contributed by atoms with Gasteiger partial charge in [0.15, 0.2) is 11.5 Å². The molecule has 1 N–H and O–H groups in total. The van der Waals surface area contributed by atoms with Crippen molar-refractivity contribution in [3.63, 3.8) is 0 Å². The molecule has 0 spiro atoms. The zero-order chi connectivity index (χ0) is 18.3. The molecule has 2 rings (SSSR count). The summed E-state index contributed by atoms with van der Waals surface area (Å²) in [6.45, 7) is 12.3. The summed E-state index contributed by atoms with van der Waals surface area (Å²) in [5, 5.41) is 3.65. The smallest absolute Gasteiger partial charge is 0.161 e. The lowest BCUT2D eigenvalue weighted by atomic mass is 9.92. The number of benzene rings is 1. The molecule has 1 saturated heterocycles. The van der Waals surface area contributed by atoms with Gasteiger partial charge in [0.1, 0.15) is 0 Å². The lowest BCUT2D eigenvalue weighted by molar-refractivity contribution is 0.0160. The van der Waals surface area contributed by atoms with E-state index in [0.29, 0.717) is 11.5 Å². The summed E-state index contributed by atoms with van der Waals surface area (Å²) < 4.78 is 16.4. The van der Waals surface area contributed by atoms with Crippen LogP contribution in [0.5, 0.6) is 11.5 Å². The summed E-state index contributed by atoms with van der Waals surface area (Å²) in [6, 6.07) is 6.55. The predicted molar refractivity (Wildman–Crippen MR) is 102 cm³/mol. The van der Waals surface area contributed by atoms with Gasteiger partial charge in [0.05, 0.1) is 27.4 Å². The molecule has 5 heteroatoms. The summed E-state index contributed by atoms with van der Waals surface area (Å²) in [7, 11) is 3.36. The van der Waals surface area contributed by atoms with Crippen LogP contribution >= 0.6 is 0 Å². The molecule has 1 fully saturated rings. The fourth-order valence-corrected chi connectivity index (χ4v) is 3.11. The van der Waals surface area contributed by atoms with Crippen LogP contribution in [0.1, 0.15) is 38.8 Å². The Balaban J connectivity index is 2.10. The summed E-state index contributed by atoms with van der Waals surface area (Å²) in [5.74, 6) is 1.56. The molecule has 1 aromatic carbocycles. The quantitative estimate of drug-likeness (QED) is 0.730. The van der Waals surface area contributed by atoms with E-state index in [1.807, 2.05) is 6.07 Å². The molecule has 1 unspecified atom stereocenters. The molecule has 0 saturated carbocycles. The Morgan fingerprint density at radius 2 is 1.80 bits per heavy atom. The molecule has 5 nitrogen and oxygen atoms in total. The fourth-order valence-electron chi connectivity index (χ4n) is 3.11. The third kappa shape index (κ3) is 6.17. The molecular formula is C20H34N2O3. The van der Waals surface area contributed by atoms with Crippen molar-refractivity contribution in [1.82, 2.24) is 10.2 Å². The zero-order valence-corrected chi connectivity index (χ0v) is 16.4. The van der Waals surface area contributed by atoms with Crippen molar-refractivity contribution < 1.29 is 14.2 Å². The van der Waals surface area contributed by atoms with Crippen LogP contribution in [0.15, 0.2) is 18.2 Å². The molecule has 0 aromatic heterocycles. The Morgan fingerprint density at radius 1 is 1.12 bits per heavy atom. The summed E-state index contributed by atoms with van der Waals surface area (Å²) >= 11 is 0. The molecule has 1 atom stereocenters. The van der Waals surface area contributed by atoms with Crippen LogP contribution in [0.4, 0.5) is 0 Å². The van der Waals surface area contributed by atoms with E-state index in [0.717, 1.165) is 57.3 Å². The van der Waals surface area contributed by atoms with E-state index >= 15 is 0 Å². The number of nitrogens with one attached hydrogen (secondary N) is 1. The Labute approximate surface area is 152 Å². The highest BCUT2D eigenvalue weighted by atomic mass is 16.5. The number of hydrogen-bond donors (Lipinski definition) is 1. The Hall–Kier alpha value is -1.30. The van der Waals surface area contributed by atoms with Gasteiger partial charge in [-0.05, 0) is 36.1 Å². The van der Waals surface area contributed by atoms with E-state index in [-0.39, 0.29) is 0 Å². The number of morpholine rings is 1. The van der Waals surface area contributed by atoms with Gasteiger partial charge in [0.25, 0.3) is 0 Å². The van der Waals surface area contributed by atoms with Gasteiger partial charge in [0.2, 0.25) is 0 Å². The minimum Gasteiger partial charge on any atom is -0.493 e. The van der Waals surface area contributed by atoms with Gasteiger partial charge in [-0.1, -0.05) is 26.8 Å². The highest BCUT2D eigenvalue weighted by Crippen LogP contribution is 2.32. The second-order valence-electron chi connectivity index (χ2n) is 7.79. The van der Waals surface area contributed by atoms with Crippen molar-refractivity contribution in [2.75, 3.05) is 53.6 Å². The van der Waals surface area contributed by atoms with Gasteiger partial charge < -0.3 is 19.5 Å². The van der Waals surface area contributed by atoms with E-state index in [4.69, 9.17) is 14.2 Å². The molecule has 0 radical (unpaired) electrons. The first kappa shape index (κ1) is 20.0. The number of rotatable bonds is 8. The highest BCUT2D eigenvalue weighted by molar-refractivity contribution is 5.44. The van der Waals surface area contributed by atoms with Crippen LogP contribution in [0, 0.1) is 5.41 Å². The van der Waals surface area contributed by atoms with Crippen LogP contribution in [0.3, 0.4) is 0 Å². The van der Waals surface area contributed by atoms with Gasteiger partial charge in [-0.25, -0.2) is 0 Å². The van der Waals surface area contributed by atoms with E-state index in [2.05, 4.69) is 43.1 Å². The fraction of sp³-hybridized carbons (Fsp3) is 0.700. The standard InChI is InChI=1S/C20H34N2O3/c1-20(2,3)8-9-21-15-17(22-10-12-25-13-11-22)16-6-7-18(23-4)19(14-16)24-5/h6-7,14,17,21H,8-13,15H2,1-5H3. The van der Waals surface area contributed by atoms with Gasteiger partial charge in [-0.3, -0.25) is 4.90 Å². The third-order valence-electron chi connectivity index (χ3n) is 4.67. The normalized spacial score (nSPS) is 17.3. The number of hydrogen-bond acceptors (Lipinski definition) is 5. The minimum atomic E-state index is 0.309. The van der Waals surface area contributed by atoms with E-state index in [1.165, 1.54) is 5.56 Å². The summed E-state index contributed by atoms with van der Waals surface area (Å²) in [5.41, 5.74) is 1.60. The van der Waals surface area contributed by atoms with Crippen LogP contribution in [0.25, 0.3) is 0 Å². The molecule has 1 aliphatic heterocycles. The predicted octanol–water partition coefficient (Wildman–Crippen LogP) is 3.10. The van der Waals surface area contributed by atoms with Gasteiger partial charge in [0, 0.05) is 25.7 Å². The summed E-state index contributed by atoms with van der Waals surface area (Å²) in [6.07, 6.45) is 1.16. The largest absolute Gasteiger partial charge is 0.493 e. The molecule has 25 heavy (non-hydrogen) atoms. The number of nitrogens with zero attached hydrogens (tertiary/aromatic N) is 1. The van der Waals surface area contributed by atoms with Crippen molar-refractivity contribution in [3.8, 4) is 11.5 Å². The Kier molecular flexibility index (Phi) is 7.54. The lowest BCUT2D eigenvalue weighted by Gasteiger charge is -2.35. The van der Waals surface area contributed by atoms with E-state index in [9.17, 15) is 0 Å². The van der Waals surface area contributed by atoms with Crippen molar-refractivity contribution in [3.05, 3.63) is 23.8 Å². The third-order valence-corrected chi connectivity index (χ3v) is 4.67. The molecule has 0 aliphatic carbocycles. The van der Waals surface area contributed by atoms with Crippen LogP contribution < -0.4 is 14.8 Å². The molecule has 0 amide bonds. The SMILES string of the molecule is COc1ccc(C(CNCCC(C)(C)C)N2CCOCC2)cc1OC. The van der Waals surface area contributed by atoms with Gasteiger partial charge in [-0.2, -0.15) is 0 Å². The maximum atomic E-state index is 5.53. The van der Waals surface area contributed by atoms with Crippen LogP contribution in [0.2, 0.25) is 0 Å². The average Bonchev–Trinajstić information content (AvgIpc) is 2.61. The second-order valence-corrected chi connectivity index (χ2v) is 7.79. The Morgan fingerprint density at radius 3 is 2.40 bits per heavy atom. The Bertz CT molecular complexity index is 522. The molecule has 1 aromatic rings. The van der Waals surface area contributed by atoms with Gasteiger partial charge >= 0.3 is 0 Å². The van der Waals surface area contributed by atoms with E-state index < -0.39 is 0 Å². The average molecular weight is 351 g/mol. The van der Waals surface area contributed by atoms with Crippen LogP contribution in [-0.4, -0.2) is 58.5 Å². The first-order chi connectivity index (χ1) is 11.9. The number of ether oxygens (including phenoxy) is 3. The molecule has 0 bridgehead atoms. The van der Waals surface area contributed by atoms with Crippen molar-refractivity contribution in [2.24, 2.45) is 5.41 Å². The van der Waals surface area contributed by atoms with E-state index in [1.54, 1.807) is 14.2 Å². The second kappa shape index (κ2) is 9.41. The molecular weight excluding hydrogens is 316 g/mol. The maximum absolute atomic E-state index is 5.53.